The lowest BCUT2D eigenvalue weighted by Gasteiger charge is -2.25. The summed E-state index contributed by atoms with van der Waals surface area (Å²) in [7, 11) is 1.14. The van der Waals surface area contributed by atoms with Gasteiger partial charge >= 0.3 is 0 Å². The molecule has 3 aromatic carbocycles. The van der Waals surface area contributed by atoms with Gasteiger partial charge in [-0.3, -0.25) is 9.52 Å². The maximum absolute atomic E-state index is 13.7. The van der Waals surface area contributed by atoms with Crippen LogP contribution in [0.25, 0.3) is 0 Å². The van der Waals surface area contributed by atoms with E-state index < -0.39 is 15.9 Å². The van der Waals surface area contributed by atoms with E-state index in [2.05, 4.69) is 10.0 Å². The zero-order valence-electron chi connectivity index (χ0n) is 19.5. The van der Waals surface area contributed by atoms with Crippen LogP contribution in [0.15, 0.2) is 71.6 Å². The molecule has 180 valence electrons. The normalized spacial score (nSPS) is 12.3. The van der Waals surface area contributed by atoms with Crippen molar-refractivity contribution < 1.29 is 22.3 Å². The predicted molar refractivity (Wildman–Crippen MR) is 130 cm³/mol. The van der Waals surface area contributed by atoms with Crippen LogP contribution in [0.3, 0.4) is 0 Å². The number of rotatable bonds is 9. The van der Waals surface area contributed by atoms with Gasteiger partial charge in [0.15, 0.2) is 0 Å². The number of para-hydroxylation sites is 2. The average molecular weight is 486 g/mol. The van der Waals surface area contributed by atoms with Crippen LogP contribution in [0.4, 0.5) is 10.1 Å². The molecule has 0 bridgehead atoms. The van der Waals surface area contributed by atoms with Crippen LogP contribution in [0.1, 0.15) is 27.5 Å². The first kappa shape index (κ1) is 25.2. The van der Waals surface area contributed by atoms with E-state index in [1.165, 1.54) is 25.3 Å². The van der Waals surface area contributed by atoms with Crippen molar-refractivity contribution in [1.29, 1.82) is 0 Å². The molecule has 3 rings (SSSR count). The summed E-state index contributed by atoms with van der Waals surface area (Å²) in [6.07, 6.45) is 0. The van der Waals surface area contributed by atoms with Crippen molar-refractivity contribution in [2.45, 2.75) is 17.9 Å². The van der Waals surface area contributed by atoms with Gasteiger partial charge in [0.2, 0.25) is 0 Å². The van der Waals surface area contributed by atoms with Crippen LogP contribution < -0.4 is 14.8 Å². The Morgan fingerprint density at radius 3 is 2.47 bits per heavy atom. The Labute approximate surface area is 199 Å². The number of hydrogen-bond acceptors (Lipinski definition) is 5. The van der Waals surface area contributed by atoms with Crippen molar-refractivity contribution in [3.05, 3.63) is 89.2 Å². The summed E-state index contributed by atoms with van der Waals surface area (Å²) >= 11 is 0. The number of anilines is 1. The molecule has 0 spiro atoms. The van der Waals surface area contributed by atoms with Crippen molar-refractivity contribution in [1.82, 2.24) is 10.2 Å². The number of carbonyl (C=O) groups is 1. The van der Waals surface area contributed by atoms with E-state index in [1.807, 2.05) is 19.0 Å². The maximum atomic E-state index is 13.7. The molecular formula is C25H28FN3O4S. The van der Waals surface area contributed by atoms with Gasteiger partial charge in [0.1, 0.15) is 11.6 Å². The molecule has 1 amide bonds. The number of ether oxygens (including phenoxy) is 1. The Bertz CT molecular complexity index is 1280. The molecule has 0 aromatic heterocycles. The van der Waals surface area contributed by atoms with E-state index in [1.54, 1.807) is 55.5 Å². The molecule has 0 saturated heterocycles. The monoisotopic (exact) mass is 485 g/mol. The zero-order chi connectivity index (χ0) is 24.9. The fraction of sp³-hybridized carbons (Fsp3) is 0.240. The molecule has 0 radical (unpaired) electrons. The lowest BCUT2D eigenvalue weighted by atomic mass is 10.1. The van der Waals surface area contributed by atoms with E-state index in [9.17, 15) is 17.6 Å². The van der Waals surface area contributed by atoms with E-state index in [4.69, 9.17) is 4.74 Å². The van der Waals surface area contributed by atoms with E-state index in [0.29, 0.717) is 17.0 Å². The topological polar surface area (TPSA) is 87.7 Å². The molecule has 9 heteroatoms. The number of halogens is 1. The Morgan fingerprint density at radius 1 is 1.06 bits per heavy atom. The molecule has 0 saturated carbocycles. The number of aryl methyl sites for hydroxylation is 1. The van der Waals surface area contributed by atoms with Gasteiger partial charge in [-0.2, -0.15) is 0 Å². The van der Waals surface area contributed by atoms with Gasteiger partial charge in [-0.1, -0.05) is 30.3 Å². The third-order valence-corrected chi connectivity index (χ3v) is 6.91. The van der Waals surface area contributed by atoms with Crippen molar-refractivity contribution >= 4 is 21.6 Å². The number of sulfonamides is 1. The van der Waals surface area contributed by atoms with E-state index in [0.717, 1.165) is 5.56 Å². The Hall–Kier alpha value is -3.43. The Balaban J connectivity index is 1.81. The predicted octanol–water partition coefficient (Wildman–Crippen LogP) is 3.98. The fourth-order valence-electron chi connectivity index (χ4n) is 3.56. The highest BCUT2D eigenvalue weighted by molar-refractivity contribution is 7.92. The minimum absolute atomic E-state index is 0.0136. The molecule has 3 aromatic rings. The van der Waals surface area contributed by atoms with Gasteiger partial charge in [-0.15, -0.1) is 0 Å². The highest BCUT2D eigenvalue weighted by Crippen LogP contribution is 2.27. The van der Waals surface area contributed by atoms with Gasteiger partial charge in [0, 0.05) is 12.1 Å². The SMILES string of the molecule is COc1ccccc1NS(=O)(=O)c1cc(C(=O)NCC(c2cccc(F)c2)N(C)C)ccc1C. The largest absolute Gasteiger partial charge is 0.495 e. The summed E-state index contributed by atoms with van der Waals surface area (Å²) in [4.78, 5) is 14.7. The summed E-state index contributed by atoms with van der Waals surface area (Å²) in [6, 6.07) is 17.1. The lowest BCUT2D eigenvalue weighted by Crippen LogP contribution is -2.34. The molecule has 34 heavy (non-hydrogen) atoms. The number of hydrogen-bond donors (Lipinski definition) is 2. The molecule has 0 fully saturated rings. The second kappa shape index (κ2) is 10.7. The quantitative estimate of drug-likeness (QED) is 0.479. The van der Waals surface area contributed by atoms with Crippen LogP contribution in [0.2, 0.25) is 0 Å². The number of likely N-dealkylation sites (N-methyl/N-ethyl adjacent to an activating group) is 1. The fourth-order valence-corrected chi connectivity index (χ4v) is 4.91. The lowest BCUT2D eigenvalue weighted by molar-refractivity contribution is 0.0941. The van der Waals surface area contributed by atoms with Crippen molar-refractivity contribution in [2.24, 2.45) is 0 Å². The van der Waals surface area contributed by atoms with Gasteiger partial charge in [-0.25, -0.2) is 12.8 Å². The minimum Gasteiger partial charge on any atom is -0.495 e. The number of methoxy groups -OCH3 is 1. The first-order chi connectivity index (χ1) is 16.1. The van der Waals surface area contributed by atoms with Crippen molar-refractivity contribution in [2.75, 3.05) is 32.5 Å². The van der Waals surface area contributed by atoms with Crippen molar-refractivity contribution in [3.63, 3.8) is 0 Å². The maximum Gasteiger partial charge on any atom is 0.262 e. The standard InChI is InChI=1S/C25H28FN3O4S/c1-17-12-13-19(15-24(17)34(31,32)28-21-10-5-6-11-23(21)33-4)25(30)27-16-22(29(2)3)18-8-7-9-20(26)14-18/h5-15,22,28H,16H2,1-4H3,(H,27,30). The second-order valence-corrected chi connectivity index (χ2v) is 9.68. The summed E-state index contributed by atoms with van der Waals surface area (Å²) in [5.41, 5.74) is 1.70. The van der Waals surface area contributed by atoms with Crippen LogP contribution in [0, 0.1) is 12.7 Å². The van der Waals surface area contributed by atoms with Crippen LogP contribution in [-0.4, -0.2) is 47.0 Å². The summed E-state index contributed by atoms with van der Waals surface area (Å²) < 4.78 is 47.6. The molecule has 1 atom stereocenters. The first-order valence-corrected chi connectivity index (χ1v) is 12.1. The smallest absolute Gasteiger partial charge is 0.262 e. The Morgan fingerprint density at radius 2 is 1.79 bits per heavy atom. The number of benzene rings is 3. The highest BCUT2D eigenvalue weighted by atomic mass is 32.2. The third-order valence-electron chi connectivity index (χ3n) is 5.40. The van der Waals surface area contributed by atoms with Crippen molar-refractivity contribution in [3.8, 4) is 5.75 Å². The molecule has 0 aliphatic heterocycles. The molecule has 0 heterocycles. The molecule has 2 N–H and O–H groups in total. The summed E-state index contributed by atoms with van der Waals surface area (Å²) in [5.74, 6) is -0.409. The summed E-state index contributed by atoms with van der Waals surface area (Å²) in [6.45, 7) is 1.87. The number of nitrogens with one attached hydrogen (secondary N) is 2. The molecule has 1 unspecified atom stereocenters. The number of carbonyl (C=O) groups excluding carboxylic acids is 1. The second-order valence-electron chi connectivity index (χ2n) is 8.03. The van der Waals surface area contributed by atoms with Crippen LogP contribution in [-0.2, 0) is 10.0 Å². The van der Waals surface area contributed by atoms with Gasteiger partial charge in [0.25, 0.3) is 15.9 Å². The summed E-state index contributed by atoms with van der Waals surface area (Å²) in [5, 5.41) is 2.83. The first-order valence-electron chi connectivity index (χ1n) is 10.6. The van der Waals surface area contributed by atoms with Crippen LogP contribution >= 0.6 is 0 Å². The third kappa shape index (κ3) is 5.92. The van der Waals surface area contributed by atoms with Gasteiger partial charge in [0.05, 0.1) is 23.7 Å². The van der Waals surface area contributed by atoms with E-state index in [-0.39, 0.29) is 28.9 Å². The zero-order valence-corrected chi connectivity index (χ0v) is 20.3. The van der Waals surface area contributed by atoms with Gasteiger partial charge in [-0.05, 0) is 68.5 Å². The Kier molecular flexibility index (Phi) is 7.90. The minimum atomic E-state index is -3.98. The molecular weight excluding hydrogens is 457 g/mol. The highest BCUT2D eigenvalue weighted by Gasteiger charge is 2.22. The van der Waals surface area contributed by atoms with Crippen LogP contribution in [0.5, 0.6) is 5.75 Å². The van der Waals surface area contributed by atoms with Gasteiger partial charge < -0.3 is 15.0 Å². The average Bonchev–Trinajstić information content (AvgIpc) is 2.79. The number of nitrogens with zero attached hydrogens (tertiary/aromatic N) is 1. The molecule has 0 aliphatic carbocycles. The molecule has 0 aliphatic rings. The van der Waals surface area contributed by atoms with E-state index >= 15 is 0 Å². The number of amides is 1. The molecule has 7 nitrogen and oxygen atoms in total.